The molecule has 1 aromatic carbocycles. The van der Waals surface area contributed by atoms with Gasteiger partial charge in [0, 0.05) is 10.0 Å². The first-order valence-electron chi connectivity index (χ1n) is 4.88. The molecule has 88 valence electrons. The SMILES string of the molecule is Cc1ccoc1C(=O)Nc1ccc(F)cc1Br. The van der Waals surface area contributed by atoms with Crippen molar-refractivity contribution in [1.82, 2.24) is 0 Å². The van der Waals surface area contributed by atoms with Crippen LogP contribution < -0.4 is 5.32 Å². The summed E-state index contributed by atoms with van der Waals surface area (Å²) in [6.07, 6.45) is 1.45. The van der Waals surface area contributed by atoms with E-state index in [-0.39, 0.29) is 17.5 Å². The number of hydrogen-bond donors (Lipinski definition) is 1. The lowest BCUT2D eigenvalue weighted by atomic mass is 10.2. The number of rotatable bonds is 2. The second-order valence-corrected chi connectivity index (χ2v) is 4.37. The Morgan fingerprint density at radius 1 is 1.41 bits per heavy atom. The van der Waals surface area contributed by atoms with Crippen molar-refractivity contribution in [2.75, 3.05) is 5.32 Å². The van der Waals surface area contributed by atoms with Crippen LogP contribution in [0, 0.1) is 12.7 Å². The third-order valence-corrected chi connectivity index (χ3v) is 2.90. The Hall–Kier alpha value is -1.62. The van der Waals surface area contributed by atoms with Crippen LogP contribution in [0.1, 0.15) is 16.1 Å². The summed E-state index contributed by atoms with van der Waals surface area (Å²) in [5, 5.41) is 2.63. The molecule has 3 nitrogen and oxygen atoms in total. The average molecular weight is 298 g/mol. The van der Waals surface area contributed by atoms with Gasteiger partial charge in [-0.15, -0.1) is 0 Å². The number of aryl methyl sites for hydroxylation is 1. The first kappa shape index (κ1) is 11.9. The van der Waals surface area contributed by atoms with Gasteiger partial charge in [0.25, 0.3) is 5.91 Å². The van der Waals surface area contributed by atoms with Crippen molar-refractivity contribution in [2.45, 2.75) is 6.92 Å². The van der Waals surface area contributed by atoms with Gasteiger partial charge in [0.15, 0.2) is 5.76 Å². The van der Waals surface area contributed by atoms with E-state index in [0.717, 1.165) is 5.56 Å². The summed E-state index contributed by atoms with van der Waals surface area (Å²) >= 11 is 3.17. The van der Waals surface area contributed by atoms with Crippen LogP contribution in [0.4, 0.5) is 10.1 Å². The Morgan fingerprint density at radius 3 is 2.76 bits per heavy atom. The van der Waals surface area contributed by atoms with E-state index in [2.05, 4.69) is 21.2 Å². The van der Waals surface area contributed by atoms with Gasteiger partial charge < -0.3 is 9.73 Å². The number of benzene rings is 1. The molecule has 0 aliphatic heterocycles. The van der Waals surface area contributed by atoms with E-state index < -0.39 is 0 Å². The van der Waals surface area contributed by atoms with Crippen molar-refractivity contribution in [1.29, 1.82) is 0 Å². The van der Waals surface area contributed by atoms with Crippen LogP contribution in [0.25, 0.3) is 0 Å². The number of furan rings is 1. The number of anilines is 1. The molecule has 0 fully saturated rings. The van der Waals surface area contributed by atoms with E-state index in [4.69, 9.17) is 4.42 Å². The molecule has 1 aromatic heterocycles. The number of carbonyl (C=O) groups excluding carboxylic acids is 1. The van der Waals surface area contributed by atoms with Gasteiger partial charge in [-0.1, -0.05) is 0 Å². The van der Waals surface area contributed by atoms with Crippen LogP contribution >= 0.6 is 15.9 Å². The molecule has 2 rings (SSSR count). The molecule has 0 spiro atoms. The van der Waals surface area contributed by atoms with Gasteiger partial charge in [0.05, 0.1) is 12.0 Å². The predicted octanol–water partition coefficient (Wildman–Crippen LogP) is 3.74. The largest absolute Gasteiger partial charge is 0.459 e. The van der Waals surface area contributed by atoms with Gasteiger partial charge in [-0.3, -0.25) is 4.79 Å². The van der Waals surface area contributed by atoms with Crippen LogP contribution in [-0.4, -0.2) is 5.91 Å². The van der Waals surface area contributed by atoms with Crippen molar-refractivity contribution >= 4 is 27.5 Å². The molecule has 1 N–H and O–H groups in total. The summed E-state index contributed by atoms with van der Waals surface area (Å²) in [5.74, 6) is -0.481. The van der Waals surface area contributed by atoms with Gasteiger partial charge in [-0.25, -0.2) is 4.39 Å². The number of amides is 1. The third kappa shape index (κ3) is 2.55. The molecule has 0 saturated carbocycles. The highest BCUT2D eigenvalue weighted by Crippen LogP contribution is 2.24. The van der Waals surface area contributed by atoms with E-state index in [0.29, 0.717) is 10.2 Å². The summed E-state index contributed by atoms with van der Waals surface area (Å²) in [5.41, 5.74) is 1.24. The fourth-order valence-electron chi connectivity index (χ4n) is 1.38. The highest BCUT2D eigenvalue weighted by Gasteiger charge is 2.14. The molecule has 0 unspecified atom stereocenters. The monoisotopic (exact) mass is 297 g/mol. The average Bonchev–Trinajstić information content (AvgIpc) is 2.68. The topological polar surface area (TPSA) is 42.2 Å². The fourth-order valence-corrected chi connectivity index (χ4v) is 1.83. The van der Waals surface area contributed by atoms with Crippen LogP contribution in [-0.2, 0) is 0 Å². The molecule has 0 atom stereocenters. The summed E-state index contributed by atoms with van der Waals surface area (Å²) in [4.78, 5) is 11.8. The Bertz CT molecular complexity index is 565. The maximum Gasteiger partial charge on any atom is 0.291 e. The van der Waals surface area contributed by atoms with E-state index in [1.807, 2.05) is 0 Å². The number of hydrogen-bond acceptors (Lipinski definition) is 2. The number of nitrogens with one attached hydrogen (secondary N) is 1. The molecule has 2 aromatic rings. The molecule has 0 aliphatic rings. The highest BCUT2D eigenvalue weighted by molar-refractivity contribution is 9.10. The van der Waals surface area contributed by atoms with Gasteiger partial charge >= 0.3 is 0 Å². The van der Waals surface area contributed by atoms with Gasteiger partial charge in [0.1, 0.15) is 5.82 Å². The predicted molar refractivity (Wildman–Crippen MR) is 65.5 cm³/mol. The summed E-state index contributed by atoms with van der Waals surface area (Å²) in [6, 6.07) is 5.74. The number of halogens is 2. The molecule has 0 bridgehead atoms. The zero-order valence-electron chi connectivity index (χ0n) is 8.96. The Labute approximate surface area is 106 Å². The van der Waals surface area contributed by atoms with E-state index in [1.54, 1.807) is 13.0 Å². The lowest BCUT2D eigenvalue weighted by molar-refractivity contribution is 0.0996. The Balaban J connectivity index is 2.22. The second-order valence-electron chi connectivity index (χ2n) is 3.51. The highest BCUT2D eigenvalue weighted by atomic mass is 79.9. The van der Waals surface area contributed by atoms with Crippen molar-refractivity contribution in [3.63, 3.8) is 0 Å². The smallest absolute Gasteiger partial charge is 0.291 e. The van der Waals surface area contributed by atoms with E-state index in [9.17, 15) is 9.18 Å². The van der Waals surface area contributed by atoms with Crippen molar-refractivity contribution in [3.8, 4) is 0 Å². The van der Waals surface area contributed by atoms with Crippen molar-refractivity contribution < 1.29 is 13.6 Å². The van der Waals surface area contributed by atoms with E-state index >= 15 is 0 Å². The molecule has 0 saturated heterocycles. The van der Waals surface area contributed by atoms with Crippen LogP contribution in [0.15, 0.2) is 39.4 Å². The standard InChI is InChI=1S/C12H9BrFNO2/c1-7-4-5-17-11(7)12(16)15-10-3-2-8(14)6-9(10)13/h2-6H,1H3,(H,15,16). The summed E-state index contributed by atoms with van der Waals surface area (Å²) < 4.78 is 18.4. The molecule has 1 amide bonds. The molecule has 17 heavy (non-hydrogen) atoms. The second kappa shape index (κ2) is 4.71. The lowest BCUT2D eigenvalue weighted by Gasteiger charge is -2.06. The first-order chi connectivity index (χ1) is 8.08. The van der Waals surface area contributed by atoms with E-state index in [1.165, 1.54) is 24.5 Å². The van der Waals surface area contributed by atoms with Crippen molar-refractivity contribution in [3.05, 3.63) is 52.1 Å². The van der Waals surface area contributed by atoms with Crippen LogP contribution in [0.5, 0.6) is 0 Å². The quantitative estimate of drug-likeness (QED) is 0.917. The molecular weight excluding hydrogens is 289 g/mol. The third-order valence-electron chi connectivity index (χ3n) is 2.25. The maximum atomic E-state index is 12.9. The molecule has 1 heterocycles. The Kier molecular flexibility index (Phi) is 3.28. The van der Waals surface area contributed by atoms with Gasteiger partial charge in [-0.05, 0) is 47.1 Å². The molecule has 5 heteroatoms. The van der Waals surface area contributed by atoms with Gasteiger partial charge in [0.2, 0.25) is 0 Å². The van der Waals surface area contributed by atoms with Crippen LogP contribution in [0.2, 0.25) is 0 Å². The normalized spacial score (nSPS) is 10.3. The fraction of sp³-hybridized carbons (Fsp3) is 0.0833. The summed E-state index contributed by atoms with van der Waals surface area (Å²) in [6.45, 7) is 1.78. The first-order valence-corrected chi connectivity index (χ1v) is 5.67. The summed E-state index contributed by atoms with van der Waals surface area (Å²) in [7, 11) is 0. The zero-order chi connectivity index (χ0) is 12.4. The molecular formula is C12H9BrFNO2. The van der Waals surface area contributed by atoms with Gasteiger partial charge in [-0.2, -0.15) is 0 Å². The molecule has 0 radical (unpaired) electrons. The minimum absolute atomic E-state index is 0.251. The Morgan fingerprint density at radius 2 is 2.18 bits per heavy atom. The maximum absolute atomic E-state index is 12.9. The van der Waals surface area contributed by atoms with Crippen molar-refractivity contribution in [2.24, 2.45) is 0 Å². The minimum atomic E-state index is -0.371. The van der Waals surface area contributed by atoms with Crippen LogP contribution in [0.3, 0.4) is 0 Å². The molecule has 0 aliphatic carbocycles. The zero-order valence-corrected chi connectivity index (χ0v) is 10.5. The minimum Gasteiger partial charge on any atom is -0.459 e. The number of carbonyl (C=O) groups is 1. The lowest BCUT2D eigenvalue weighted by Crippen LogP contribution is -2.12.